The summed E-state index contributed by atoms with van der Waals surface area (Å²) < 4.78 is 0. The number of rotatable bonds is 1. The fourth-order valence-electron chi connectivity index (χ4n) is 3.00. The van der Waals surface area contributed by atoms with Crippen LogP contribution in [0.3, 0.4) is 0 Å². The van der Waals surface area contributed by atoms with E-state index in [1.165, 1.54) is 0 Å². The molecule has 0 radical (unpaired) electrons. The molecule has 0 bridgehead atoms. The Bertz CT molecular complexity index is 480. The van der Waals surface area contributed by atoms with E-state index in [0.29, 0.717) is 0 Å². The zero-order chi connectivity index (χ0) is 14.9. The summed E-state index contributed by atoms with van der Waals surface area (Å²) in [5.74, 6) is 0.164. The van der Waals surface area contributed by atoms with Crippen LogP contribution in [-0.4, -0.2) is 36.0 Å². The van der Waals surface area contributed by atoms with Crippen molar-refractivity contribution in [3.63, 3.8) is 0 Å². The molecule has 0 spiro atoms. The second kappa shape index (κ2) is 5.57. The average Bonchev–Trinajstić information content (AvgIpc) is 2.37. The van der Waals surface area contributed by atoms with E-state index in [-0.39, 0.29) is 23.4 Å². The number of benzene rings is 1. The Morgan fingerprint density at radius 3 is 2.25 bits per heavy atom. The molecule has 0 saturated carbocycles. The molecule has 20 heavy (non-hydrogen) atoms. The predicted molar refractivity (Wildman–Crippen MR) is 83.1 cm³/mol. The lowest BCUT2D eigenvalue weighted by Gasteiger charge is -2.40. The van der Waals surface area contributed by atoms with Crippen LogP contribution in [0.15, 0.2) is 24.3 Å². The van der Waals surface area contributed by atoms with E-state index in [2.05, 4.69) is 46.0 Å². The summed E-state index contributed by atoms with van der Waals surface area (Å²) in [6.45, 7) is 12.4. The molecule has 3 heteroatoms. The molecular formula is C17H26N2O. The fraction of sp³-hybridized carbons (Fsp3) is 0.588. The molecule has 1 aromatic carbocycles. The molecule has 2 rings (SSSR count). The van der Waals surface area contributed by atoms with Gasteiger partial charge in [0.15, 0.2) is 0 Å². The molecule has 1 aliphatic rings. The van der Waals surface area contributed by atoms with E-state index in [1.807, 2.05) is 23.1 Å². The molecule has 1 N–H and O–H groups in total. The van der Waals surface area contributed by atoms with E-state index in [9.17, 15) is 4.79 Å². The number of amides is 1. The number of hydrogen-bond donors (Lipinski definition) is 1. The SMILES string of the molecule is CC1CNCC(C)N1C(=O)c1ccccc1C(C)(C)C. The van der Waals surface area contributed by atoms with Crippen molar-refractivity contribution in [3.8, 4) is 0 Å². The Labute approximate surface area is 122 Å². The molecule has 0 aliphatic carbocycles. The van der Waals surface area contributed by atoms with Crippen LogP contribution < -0.4 is 5.32 Å². The van der Waals surface area contributed by atoms with Crippen LogP contribution in [0.2, 0.25) is 0 Å². The molecule has 2 atom stereocenters. The maximum absolute atomic E-state index is 13.0. The van der Waals surface area contributed by atoms with Crippen molar-refractivity contribution in [1.29, 1.82) is 0 Å². The van der Waals surface area contributed by atoms with Gasteiger partial charge in [-0.25, -0.2) is 0 Å². The van der Waals surface area contributed by atoms with Crippen molar-refractivity contribution in [2.45, 2.75) is 52.1 Å². The van der Waals surface area contributed by atoms with Gasteiger partial charge in [0.05, 0.1) is 0 Å². The van der Waals surface area contributed by atoms with Crippen molar-refractivity contribution >= 4 is 5.91 Å². The number of carbonyl (C=O) groups is 1. The van der Waals surface area contributed by atoms with Crippen LogP contribution in [0.5, 0.6) is 0 Å². The molecule has 110 valence electrons. The third-order valence-corrected chi connectivity index (χ3v) is 4.03. The highest BCUT2D eigenvalue weighted by Crippen LogP contribution is 2.27. The van der Waals surface area contributed by atoms with E-state index in [0.717, 1.165) is 24.2 Å². The molecule has 1 heterocycles. The zero-order valence-corrected chi connectivity index (χ0v) is 13.2. The van der Waals surface area contributed by atoms with E-state index >= 15 is 0 Å². The Hall–Kier alpha value is -1.35. The highest BCUT2D eigenvalue weighted by molar-refractivity contribution is 5.96. The van der Waals surface area contributed by atoms with Crippen LogP contribution in [-0.2, 0) is 5.41 Å². The molecule has 1 aliphatic heterocycles. The normalized spacial score (nSPS) is 23.8. The summed E-state index contributed by atoms with van der Waals surface area (Å²) >= 11 is 0. The van der Waals surface area contributed by atoms with Gasteiger partial charge in [-0.1, -0.05) is 39.0 Å². The van der Waals surface area contributed by atoms with Crippen LogP contribution in [0, 0.1) is 0 Å². The van der Waals surface area contributed by atoms with Crippen molar-refractivity contribution < 1.29 is 4.79 Å². The lowest BCUT2D eigenvalue weighted by molar-refractivity contribution is 0.0542. The zero-order valence-electron chi connectivity index (χ0n) is 13.2. The van der Waals surface area contributed by atoms with Crippen LogP contribution in [0.4, 0.5) is 0 Å². The molecule has 1 amide bonds. The first-order chi connectivity index (χ1) is 9.32. The van der Waals surface area contributed by atoms with Gasteiger partial charge in [-0.05, 0) is 30.9 Å². The lowest BCUT2D eigenvalue weighted by Crippen LogP contribution is -2.57. The van der Waals surface area contributed by atoms with Gasteiger partial charge in [0.25, 0.3) is 5.91 Å². The van der Waals surface area contributed by atoms with Gasteiger partial charge in [0.2, 0.25) is 0 Å². The third-order valence-electron chi connectivity index (χ3n) is 4.03. The maximum Gasteiger partial charge on any atom is 0.254 e. The largest absolute Gasteiger partial charge is 0.331 e. The monoisotopic (exact) mass is 274 g/mol. The Morgan fingerprint density at radius 2 is 1.70 bits per heavy atom. The first-order valence-electron chi connectivity index (χ1n) is 7.45. The topological polar surface area (TPSA) is 32.3 Å². The highest BCUT2D eigenvalue weighted by Gasteiger charge is 2.32. The smallest absolute Gasteiger partial charge is 0.254 e. The maximum atomic E-state index is 13.0. The minimum atomic E-state index is -0.0211. The van der Waals surface area contributed by atoms with Crippen LogP contribution >= 0.6 is 0 Å². The number of hydrogen-bond acceptors (Lipinski definition) is 2. The van der Waals surface area contributed by atoms with Gasteiger partial charge >= 0.3 is 0 Å². The molecule has 1 fully saturated rings. The van der Waals surface area contributed by atoms with E-state index in [4.69, 9.17) is 0 Å². The predicted octanol–water partition coefficient (Wildman–Crippen LogP) is 2.81. The Morgan fingerprint density at radius 1 is 1.15 bits per heavy atom. The molecule has 0 aromatic heterocycles. The minimum Gasteiger partial charge on any atom is -0.331 e. The molecule has 1 saturated heterocycles. The van der Waals surface area contributed by atoms with Crippen molar-refractivity contribution in [3.05, 3.63) is 35.4 Å². The number of nitrogens with one attached hydrogen (secondary N) is 1. The third kappa shape index (κ3) is 2.88. The standard InChI is InChI=1S/C17H26N2O/c1-12-10-18-11-13(2)19(12)16(20)14-8-6-7-9-15(14)17(3,4)5/h6-9,12-13,18H,10-11H2,1-5H3. The quantitative estimate of drug-likeness (QED) is 0.854. The van der Waals surface area contributed by atoms with Crippen LogP contribution in [0.1, 0.15) is 50.5 Å². The van der Waals surface area contributed by atoms with Crippen molar-refractivity contribution in [1.82, 2.24) is 10.2 Å². The molecular weight excluding hydrogens is 248 g/mol. The average molecular weight is 274 g/mol. The van der Waals surface area contributed by atoms with E-state index < -0.39 is 0 Å². The summed E-state index contributed by atoms with van der Waals surface area (Å²) in [4.78, 5) is 15.0. The summed E-state index contributed by atoms with van der Waals surface area (Å²) in [7, 11) is 0. The summed E-state index contributed by atoms with van der Waals surface area (Å²) in [5, 5.41) is 3.37. The van der Waals surface area contributed by atoms with E-state index in [1.54, 1.807) is 0 Å². The first-order valence-corrected chi connectivity index (χ1v) is 7.45. The Kier molecular flexibility index (Phi) is 4.19. The van der Waals surface area contributed by atoms with Gasteiger partial charge in [0.1, 0.15) is 0 Å². The number of piperazine rings is 1. The molecule has 3 nitrogen and oxygen atoms in total. The second-order valence-corrected chi connectivity index (χ2v) is 6.86. The Balaban J connectivity index is 2.38. The van der Waals surface area contributed by atoms with Gasteiger partial charge in [0, 0.05) is 30.7 Å². The first kappa shape index (κ1) is 15.0. The number of carbonyl (C=O) groups excluding carboxylic acids is 1. The van der Waals surface area contributed by atoms with Crippen molar-refractivity contribution in [2.75, 3.05) is 13.1 Å². The van der Waals surface area contributed by atoms with Gasteiger partial charge in [-0.3, -0.25) is 4.79 Å². The van der Waals surface area contributed by atoms with Gasteiger partial charge < -0.3 is 10.2 Å². The lowest BCUT2D eigenvalue weighted by atomic mass is 9.83. The minimum absolute atomic E-state index is 0.0211. The second-order valence-electron chi connectivity index (χ2n) is 6.86. The molecule has 1 aromatic rings. The molecule has 2 unspecified atom stereocenters. The summed E-state index contributed by atoms with van der Waals surface area (Å²) in [6.07, 6.45) is 0. The van der Waals surface area contributed by atoms with Crippen molar-refractivity contribution in [2.24, 2.45) is 0 Å². The van der Waals surface area contributed by atoms with Gasteiger partial charge in [-0.2, -0.15) is 0 Å². The highest BCUT2D eigenvalue weighted by atomic mass is 16.2. The number of nitrogens with zero attached hydrogens (tertiary/aromatic N) is 1. The summed E-state index contributed by atoms with van der Waals surface area (Å²) in [5.41, 5.74) is 1.95. The van der Waals surface area contributed by atoms with Gasteiger partial charge in [-0.15, -0.1) is 0 Å². The fourth-order valence-corrected chi connectivity index (χ4v) is 3.00. The van der Waals surface area contributed by atoms with Crippen LogP contribution in [0.25, 0.3) is 0 Å². The summed E-state index contributed by atoms with van der Waals surface area (Å²) in [6, 6.07) is 8.48.